The third-order valence-corrected chi connectivity index (χ3v) is 5.74. The van der Waals surface area contributed by atoms with Crippen LogP contribution in [0.1, 0.15) is 6.92 Å². The Morgan fingerprint density at radius 2 is 1.18 bits per heavy atom. The number of aliphatic hydroxyl groups excluding tert-OH is 5. The minimum absolute atomic E-state index is 0.00868. The van der Waals surface area contributed by atoms with Crippen LogP contribution in [-0.2, 0) is 32.2 Å². The van der Waals surface area contributed by atoms with E-state index >= 15 is 0 Å². The molecular formula is C23H24N2O9+2. The van der Waals surface area contributed by atoms with E-state index in [1.165, 1.54) is 6.92 Å². The normalized spacial score (nSPS) is 22.1. The second kappa shape index (κ2) is 9.12. The average Bonchev–Trinajstić information content (AvgIpc) is 3.24. The first-order chi connectivity index (χ1) is 16.2. The Labute approximate surface area is 193 Å². The molecule has 0 spiro atoms. The van der Waals surface area contributed by atoms with Crippen molar-refractivity contribution in [1.82, 2.24) is 0 Å². The van der Waals surface area contributed by atoms with Gasteiger partial charge in [0.05, 0.1) is 5.57 Å². The van der Waals surface area contributed by atoms with Gasteiger partial charge in [-0.15, -0.1) is 0 Å². The molecule has 0 radical (unpaired) electrons. The van der Waals surface area contributed by atoms with Crippen LogP contribution >= 0.6 is 0 Å². The van der Waals surface area contributed by atoms with E-state index in [4.69, 9.17) is 9.47 Å². The van der Waals surface area contributed by atoms with Crippen LogP contribution in [0.3, 0.4) is 0 Å². The van der Waals surface area contributed by atoms with Crippen molar-refractivity contribution in [3.63, 3.8) is 0 Å². The predicted molar refractivity (Wildman–Crippen MR) is 112 cm³/mol. The zero-order valence-electron chi connectivity index (χ0n) is 18.1. The van der Waals surface area contributed by atoms with E-state index in [0.29, 0.717) is 0 Å². The number of carbonyl (C=O) groups is 2. The van der Waals surface area contributed by atoms with Gasteiger partial charge in [0.1, 0.15) is 5.76 Å². The summed E-state index contributed by atoms with van der Waals surface area (Å²) < 4.78 is 13.1. The van der Waals surface area contributed by atoms with Crippen molar-refractivity contribution in [2.75, 3.05) is 0 Å². The highest BCUT2D eigenvalue weighted by Crippen LogP contribution is 2.23. The van der Waals surface area contributed by atoms with Crippen molar-refractivity contribution >= 4 is 11.9 Å². The predicted octanol–water partition coefficient (Wildman–Crippen LogP) is -0.339. The highest BCUT2D eigenvalue weighted by Gasteiger charge is 2.41. The van der Waals surface area contributed by atoms with Crippen molar-refractivity contribution in [2.45, 2.75) is 44.4 Å². The molecule has 0 saturated carbocycles. The standard InChI is InChI=1S/C23H22N2O9/c1-12-17(28)20(33-22(12)31)15(26)10-24-6-2-13(3-7-24)14-4-8-25(9-5-14)11-16(27)21-18(29)19(30)23(32)34-21/h2-9,15-16,20-21,26-27H,10-11H2,1H3,(H,28,31)/p+2. The average molecular weight is 472 g/mol. The number of hydrogen-bond acceptors (Lipinski definition) is 9. The highest BCUT2D eigenvalue weighted by molar-refractivity contribution is 5.91. The lowest BCUT2D eigenvalue weighted by molar-refractivity contribution is -0.704. The Balaban J connectivity index is 1.37. The Morgan fingerprint density at radius 1 is 0.765 bits per heavy atom. The topological polar surface area (TPSA) is 162 Å². The molecule has 2 aromatic heterocycles. The SMILES string of the molecule is CC1=C(O)C(C(O)C[n+]2ccc(-c3cc[n+](CC(O)C4OC(=O)C(O)=C4O)cc3)cc2)OC1=O. The van der Waals surface area contributed by atoms with E-state index in [9.17, 15) is 35.1 Å². The lowest BCUT2D eigenvalue weighted by Gasteiger charge is -2.15. The summed E-state index contributed by atoms with van der Waals surface area (Å²) in [6, 6.07) is 7.26. The fourth-order valence-corrected chi connectivity index (χ4v) is 3.73. The van der Waals surface area contributed by atoms with Crippen LogP contribution in [-0.4, -0.2) is 61.9 Å². The zero-order valence-corrected chi connectivity index (χ0v) is 18.1. The number of pyridine rings is 2. The number of aliphatic hydroxyl groups is 5. The number of esters is 2. The molecule has 2 aromatic rings. The molecule has 11 nitrogen and oxygen atoms in total. The van der Waals surface area contributed by atoms with Gasteiger partial charge in [-0.2, -0.15) is 0 Å². The van der Waals surface area contributed by atoms with E-state index < -0.39 is 47.9 Å². The first-order valence-corrected chi connectivity index (χ1v) is 10.4. The number of rotatable bonds is 7. The van der Waals surface area contributed by atoms with Crippen LogP contribution < -0.4 is 9.13 Å². The summed E-state index contributed by atoms with van der Waals surface area (Å²) in [6.45, 7) is 1.55. The van der Waals surface area contributed by atoms with Gasteiger partial charge in [0.15, 0.2) is 68.1 Å². The van der Waals surface area contributed by atoms with Crippen LogP contribution in [0.2, 0.25) is 0 Å². The van der Waals surface area contributed by atoms with Crippen LogP contribution in [0.5, 0.6) is 0 Å². The molecule has 0 aliphatic carbocycles. The fraction of sp³-hybridized carbons (Fsp3) is 0.304. The molecule has 0 aromatic carbocycles. The second-order valence-electron chi connectivity index (χ2n) is 8.10. The van der Waals surface area contributed by atoms with Gasteiger partial charge in [-0.1, -0.05) is 0 Å². The maximum absolute atomic E-state index is 11.5. The number of aromatic nitrogens is 2. The van der Waals surface area contributed by atoms with Crippen molar-refractivity contribution < 1.29 is 53.7 Å². The van der Waals surface area contributed by atoms with Crippen molar-refractivity contribution in [2.24, 2.45) is 0 Å². The molecule has 0 saturated heterocycles. The lowest BCUT2D eigenvalue weighted by Crippen LogP contribution is -2.45. The summed E-state index contributed by atoms with van der Waals surface area (Å²) in [5, 5.41) is 49.6. The van der Waals surface area contributed by atoms with Crippen LogP contribution in [0, 0.1) is 0 Å². The summed E-state index contributed by atoms with van der Waals surface area (Å²) in [5.74, 6) is -3.57. The van der Waals surface area contributed by atoms with Crippen LogP contribution in [0.25, 0.3) is 11.1 Å². The van der Waals surface area contributed by atoms with E-state index in [1.807, 2.05) is 12.1 Å². The number of carbonyl (C=O) groups excluding carboxylic acids is 2. The molecule has 2 aliphatic rings. The van der Waals surface area contributed by atoms with Gasteiger partial charge in [0, 0.05) is 24.3 Å². The fourth-order valence-electron chi connectivity index (χ4n) is 3.73. The second-order valence-corrected chi connectivity index (χ2v) is 8.10. The Bertz CT molecular complexity index is 1080. The molecule has 0 fully saturated rings. The molecular weight excluding hydrogens is 448 g/mol. The molecule has 0 amide bonds. The first-order valence-electron chi connectivity index (χ1n) is 10.4. The van der Waals surface area contributed by atoms with Gasteiger partial charge in [0.25, 0.3) is 0 Å². The number of hydrogen-bond donors (Lipinski definition) is 5. The third-order valence-electron chi connectivity index (χ3n) is 5.74. The summed E-state index contributed by atoms with van der Waals surface area (Å²) in [6.07, 6.45) is 2.09. The molecule has 0 bridgehead atoms. The molecule has 178 valence electrons. The first kappa shape index (κ1) is 23.2. The molecule has 5 N–H and O–H groups in total. The summed E-state index contributed by atoms with van der Waals surface area (Å²) in [7, 11) is 0. The molecule has 2 aliphatic heterocycles. The minimum atomic E-state index is -1.33. The maximum atomic E-state index is 11.5. The Kier molecular flexibility index (Phi) is 6.22. The van der Waals surface area contributed by atoms with Gasteiger partial charge < -0.3 is 35.0 Å². The van der Waals surface area contributed by atoms with Crippen LogP contribution in [0.15, 0.2) is 71.9 Å². The van der Waals surface area contributed by atoms with Crippen LogP contribution in [0.4, 0.5) is 0 Å². The van der Waals surface area contributed by atoms with E-state index in [2.05, 4.69) is 0 Å². The molecule has 4 unspecified atom stereocenters. The number of nitrogens with zero attached hydrogens (tertiary/aromatic N) is 2. The molecule has 4 atom stereocenters. The third kappa shape index (κ3) is 4.43. The van der Waals surface area contributed by atoms with Gasteiger partial charge in [-0.25, -0.2) is 18.7 Å². The maximum Gasteiger partial charge on any atom is 0.378 e. The molecule has 4 rings (SSSR count). The highest BCUT2D eigenvalue weighted by atomic mass is 16.6. The summed E-state index contributed by atoms with van der Waals surface area (Å²) >= 11 is 0. The lowest BCUT2D eigenvalue weighted by atomic mass is 10.1. The van der Waals surface area contributed by atoms with Crippen molar-refractivity contribution in [3.8, 4) is 11.1 Å². The minimum Gasteiger partial charge on any atom is -0.508 e. The smallest absolute Gasteiger partial charge is 0.378 e. The van der Waals surface area contributed by atoms with Gasteiger partial charge in [0.2, 0.25) is 5.76 Å². The molecule has 11 heteroatoms. The van der Waals surface area contributed by atoms with Crippen molar-refractivity contribution in [3.05, 3.63) is 71.9 Å². The zero-order chi connectivity index (χ0) is 24.6. The Morgan fingerprint density at radius 3 is 1.53 bits per heavy atom. The number of cyclic esters (lactones) is 2. The van der Waals surface area contributed by atoms with E-state index in [0.717, 1.165) is 11.1 Å². The Hall–Kier alpha value is -3.96. The van der Waals surface area contributed by atoms with Gasteiger partial charge in [-0.05, 0) is 18.1 Å². The quantitative estimate of drug-likeness (QED) is 0.268. The molecule has 34 heavy (non-hydrogen) atoms. The van der Waals surface area contributed by atoms with Gasteiger partial charge >= 0.3 is 11.9 Å². The summed E-state index contributed by atoms with van der Waals surface area (Å²) in [4.78, 5) is 22.8. The monoisotopic (exact) mass is 472 g/mol. The largest absolute Gasteiger partial charge is 0.508 e. The van der Waals surface area contributed by atoms with Crippen molar-refractivity contribution in [1.29, 1.82) is 0 Å². The van der Waals surface area contributed by atoms with Gasteiger partial charge in [-0.3, -0.25) is 0 Å². The number of ether oxygens (including phenoxy) is 2. The molecule has 4 heterocycles. The van der Waals surface area contributed by atoms with E-state index in [-0.39, 0.29) is 24.4 Å². The van der Waals surface area contributed by atoms with E-state index in [1.54, 1.807) is 46.1 Å². The summed E-state index contributed by atoms with van der Waals surface area (Å²) in [5.41, 5.74) is 1.83.